The van der Waals surface area contributed by atoms with Gasteiger partial charge >= 0.3 is 11.9 Å². The maximum absolute atomic E-state index is 10.8. The number of hydrogen-bond donors (Lipinski definition) is 4. The number of para-hydroxylation sites is 2. The zero-order valence-corrected chi connectivity index (χ0v) is 12.2. The van der Waals surface area contributed by atoms with Crippen LogP contribution < -0.4 is 16.2 Å². The number of carboxylic acid groups (broad SMARTS) is 2. The molecular weight excluding hydrogens is 300 g/mol. The van der Waals surface area contributed by atoms with Gasteiger partial charge in [-0.25, -0.2) is 0 Å². The third-order valence-electron chi connectivity index (χ3n) is 3.22. The monoisotopic (exact) mass is 316 g/mol. The van der Waals surface area contributed by atoms with E-state index in [9.17, 15) is 9.59 Å². The predicted octanol–water partition coefficient (Wildman–Crippen LogP) is 1.90. The second kappa shape index (κ2) is 6.69. The van der Waals surface area contributed by atoms with E-state index in [-0.39, 0.29) is 35.7 Å². The van der Waals surface area contributed by atoms with E-state index in [1.807, 2.05) is 0 Å². The first kappa shape index (κ1) is 16.2. The van der Waals surface area contributed by atoms with Gasteiger partial charge in [-0.3, -0.25) is 9.59 Å². The number of carboxylic acids is 2. The van der Waals surface area contributed by atoms with Crippen molar-refractivity contribution in [3.05, 3.63) is 47.5 Å². The SMILES string of the molecule is Nc1c(CC(=O)O)cccc1Oc1cccc(CC(=O)O)c1N. The number of nitrogen functional groups attached to an aromatic ring is 2. The molecule has 0 aliphatic heterocycles. The van der Waals surface area contributed by atoms with Crippen LogP contribution in [0.2, 0.25) is 0 Å². The minimum Gasteiger partial charge on any atom is -0.481 e. The van der Waals surface area contributed by atoms with Crippen LogP contribution in [0.3, 0.4) is 0 Å². The Morgan fingerprint density at radius 2 is 1.22 bits per heavy atom. The molecule has 0 saturated heterocycles. The Balaban J connectivity index is 2.33. The molecule has 0 aromatic heterocycles. The molecule has 0 saturated carbocycles. The molecule has 7 heteroatoms. The Morgan fingerprint density at radius 3 is 1.57 bits per heavy atom. The molecule has 2 rings (SSSR count). The zero-order chi connectivity index (χ0) is 17.0. The molecule has 0 amide bonds. The molecule has 7 nitrogen and oxygen atoms in total. The molecule has 0 aliphatic carbocycles. The van der Waals surface area contributed by atoms with Crippen LogP contribution in [-0.4, -0.2) is 22.2 Å². The van der Waals surface area contributed by atoms with Gasteiger partial charge in [-0.1, -0.05) is 24.3 Å². The van der Waals surface area contributed by atoms with E-state index in [1.54, 1.807) is 36.4 Å². The maximum atomic E-state index is 10.8. The average Bonchev–Trinajstić information content (AvgIpc) is 2.46. The Bertz CT molecular complexity index is 695. The number of aliphatic carboxylic acids is 2. The van der Waals surface area contributed by atoms with Crippen LogP contribution in [0.1, 0.15) is 11.1 Å². The maximum Gasteiger partial charge on any atom is 0.307 e. The summed E-state index contributed by atoms with van der Waals surface area (Å²) in [6.45, 7) is 0. The Labute approximate surface area is 132 Å². The topological polar surface area (TPSA) is 136 Å². The molecule has 0 fully saturated rings. The quantitative estimate of drug-likeness (QED) is 0.597. The molecule has 6 N–H and O–H groups in total. The molecule has 0 unspecified atom stereocenters. The highest BCUT2D eigenvalue weighted by Gasteiger charge is 2.13. The van der Waals surface area contributed by atoms with Crippen LogP contribution in [-0.2, 0) is 22.4 Å². The third kappa shape index (κ3) is 3.91. The van der Waals surface area contributed by atoms with Crippen molar-refractivity contribution in [3.63, 3.8) is 0 Å². The van der Waals surface area contributed by atoms with E-state index >= 15 is 0 Å². The fourth-order valence-electron chi connectivity index (χ4n) is 2.11. The number of hydrogen-bond acceptors (Lipinski definition) is 5. The van der Waals surface area contributed by atoms with Gasteiger partial charge in [-0.15, -0.1) is 0 Å². The Hall–Kier alpha value is -3.22. The van der Waals surface area contributed by atoms with E-state index in [0.29, 0.717) is 11.1 Å². The van der Waals surface area contributed by atoms with Gasteiger partial charge in [0.05, 0.1) is 24.2 Å². The summed E-state index contributed by atoms with van der Waals surface area (Å²) in [6, 6.07) is 9.62. The lowest BCUT2D eigenvalue weighted by Crippen LogP contribution is -2.06. The van der Waals surface area contributed by atoms with E-state index in [4.69, 9.17) is 26.4 Å². The van der Waals surface area contributed by atoms with Crippen LogP contribution in [0.5, 0.6) is 11.5 Å². The summed E-state index contributed by atoms with van der Waals surface area (Å²) in [7, 11) is 0. The van der Waals surface area contributed by atoms with Crippen molar-refractivity contribution in [3.8, 4) is 11.5 Å². The van der Waals surface area contributed by atoms with Crippen LogP contribution in [0.4, 0.5) is 11.4 Å². The normalized spacial score (nSPS) is 10.3. The van der Waals surface area contributed by atoms with Gasteiger partial charge in [0.25, 0.3) is 0 Å². The number of nitrogens with two attached hydrogens (primary N) is 2. The summed E-state index contributed by atoms with van der Waals surface area (Å²) < 4.78 is 5.65. The third-order valence-corrected chi connectivity index (χ3v) is 3.22. The van der Waals surface area contributed by atoms with Crippen LogP contribution >= 0.6 is 0 Å². The smallest absolute Gasteiger partial charge is 0.307 e. The molecule has 0 atom stereocenters. The molecule has 120 valence electrons. The molecular formula is C16H16N2O5. The first-order chi connectivity index (χ1) is 10.9. The largest absolute Gasteiger partial charge is 0.481 e. The summed E-state index contributed by atoms with van der Waals surface area (Å²) in [6.07, 6.45) is -0.449. The summed E-state index contributed by atoms with van der Waals surface area (Å²) in [5, 5.41) is 17.7. The first-order valence-electron chi connectivity index (χ1n) is 6.74. The van der Waals surface area contributed by atoms with Gasteiger partial charge in [-0.2, -0.15) is 0 Å². The van der Waals surface area contributed by atoms with Crippen molar-refractivity contribution in [1.82, 2.24) is 0 Å². The fourth-order valence-corrected chi connectivity index (χ4v) is 2.11. The van der Waals surface area contributed by atoms with Gasteiger partial charge in [-0.05, 0) is 23.3 Å². The highest BCUT2D eigenvalue weighted by Crippen LogP contribution is 2.34. The number of benzene rings is 2. The van der Waals surface area contributed by atoms with E-state index in [0.717, 1.165) is 0 Å². The number of rotatable bonds is 6. The van der Waals surface area contributed by atoms with Gasteiger partial charge in [0.15, 0.2) is 11.5 Å². The molecule has 2 aromatic rings. The molecule has 0 bridgehead atoms. The lowest BCUT2D eigenvalue weighted by molar-refractivity contribution is -0.137. The standard InChI is InChI=1S/C16H16N2O5/c17-15-9(7-13(19)20)3-1-5-11(15)23-12-6-2-4-10(16(12)18)8-14(21)22/h1-6H,7-8,17-18H2,(H,19,20)(H,21,22). The molecule has 0 spiro atoms. The first-order valence-corrected chi connectivity index (χ1v) is 6.74. The van der Waals surface area contributed by atoms with E-state index < -0.39 is 11.9 Å². The van der Waals surface area contributed by atoms with Crippen LogP contribution in [0.25, 0.3) is 0 Å². The van der Waals surface area contributed by atoms with Crippen LogP contribution in [0, 0.1) is 0 Å². The molecule has 23 heavy (non-hydrogen) atoms. The summed E-state index contributed by atoms with van der Waals surface area (Å²) in [4.78, 5) is 21.6. The number of ether oxygens (including phenoxy) is 1. The average molecular weight is 316 g/mol. The van der Waals surface area contributed by atoms with Crippen molar-refractivity contribution in [2.24, 2.45) is 0 Å². The molecule has 0 heterocycles. The highest BCUT2D eigenvalue weighted by atomic mass is 16.5. The Morgan fingerprint density at radius 1 is 0.826 bits per heavy atom. The van der Waals surface area contributed by atoms with Crippen molar-refractivity contribution >= 4 is 23.3 Å². The van der Waals surface area contributed by atoms with Crippen molar-refractivity contribution in [2.75, 3.05) is 11.5 Å². The lowest BCUT2D eigenvalue weighted by atomic mass is 10.1. The lowest BCUT2D eigenvalue weighted by Gasteiger charge is -2.14. The fraction of sp³-hybridized carbons (Fsp3) is 0.125. The van der Waals surface area contributed by atoms with E-state index in [1.165, 1.54) is 0 Å². The van der Waals surface area contributed by atoms with Gasteiger partial charge < -0.3 is 26.4 Å². The van der Waals surface area contributed by atoms with Crippen molar-refractivity contribution < 1.29 is 24.5 Å². The molecule has 0 aliphatic rings. The van der Waals surface area contributed by atoms with Crippen molar-refractivity contribution in [2.45, 2.75) is 12.8 Å². The van der Waals surface area contributed by atoms with Crippen molar-refractivity contribution in [1.29, 1.82) is 0 Å². The predicted molar refractivity (Wildman–Crippen MR) is 84.5 cm³/mol. The highest BCUT2D eigenvalue weighted by molar-refractivity contribution is 5.76. The van der Waals surface area contributed by atoms with E-state index in [2.05, 4.69) is 0 Å². The number of carbonyl (C=O) groups is 2. The zero-order valence-electron chi connectivity index (χ0n) is 12.2. The second-order valence-corrected chi connectivity index (χ2v) is 4.90. The molecule has 2 aromatic carbocycles. The summed E-state index contributed by atoms with van der Waals surface area (Å²) in [5.74, 6) is -1.47. The Kier molecular flexibility index (Phi) is 4.70. The second-order valence-electron chi connectivity index (χ2n) is 4.90. The van der Waals surface area contributed by atoms with Crippen LogP contribution in [0.15, 0.2) is 36.4 Å². The summed E-state index contributed by atoms with van der Waals surface area (Å²) >= 11 is 0. The minimum absolute atomic E-state index is 0.206. The van der Waals surface area contributed by atoms with Gasteiger partial charge in [0, 0.05) is 0 Å². The number of anilines is 2. The minimum atomic E-state index is -1.00. The molecule has 0 radical (unpaired) electrons. The summed E-state index contributed by atoms with van der Waals surface area (Å²) in [5.41, 5.74) is 13.1. The van der Waals surface area contributed by atoms with Gasteiger partial charge in [0.1, 0.15) is 0 Å². The van der Waals surface area contributed by atoms with Gasteiger partial charge in [0.2, 0.25) is 0 Å².